The Kier molecular flexibility index (Phi) is 6.51. The first kappa shape index (κ1) is 26.6. The van der Waals surface area contributed by atoms with Crippen LogP contribution in [-0.4, -0.2) is 4.57 Å². The van der Waals surface area contributed by atoms with Gasteiger partial charge in [0.25, 0.3) is 0 Å². The summed E-state index contributed by atoms with van der Waals surface area (Å²) in [5, 5.41) is 5.90. The Bertz CT molecular complexity index is 2100. The fourth-order valence-corrected chi connectivity index (χ4v) is 6.50. The van der Waals surface area contributed by atoms with Crippen molar-refractivity contribution in [2.24, 2.45) is 0 Å². The SMILES string of the molecule is Cc1cccc(-n2c3ccccc3c3cc4c(cc32)-c2ccccc2C4(C)C)c1.Nc1ccccc1Nc1ccccc1. The van der Waals surface area contributed by atoms with Crippen molar-refractivity contribution in [1.29, 1.82) is 0 Å². The molecule has 1 heterocycles. The predicted octanol–water partition coefficient (Wildman–Crippen LogP) is 10.4. The first-order valence-electron chi connectivity index (χ1n) is 14.8. The fraction of sp³-hybridized carbons (Fsp3) is 0.100. The number of fused-ring (bicyclic) bond motifs is 6. The van der Waals surface area contributed by atoms with Crippen molar-refractivity contribution >= 4 is 38.9 Å². The van der Waals surface area contributed by atoms with Gasteiger partial charge in [-0.2, -0.15) is 0 Å². The number of nitrogens with zero attached hydrogens (tertiary/aromatic N) is 1. The molecule has 0 spiro atoms. The van der Waals surface area contributed by atoms with Gasteiger partial charge in [-0.25, -0.2) is 0 Å². The van der Waals surface area contributed by atoms with Crippen molar-refractivity contribution in [1.82, 2.24) is 4.57 Å². The average Bonchev–Trinajstić information content (AvgIpc) is 3.47. The van der Waals surface area contributed by atoms with Gasteiger partial charge in [-0.3, -0.25) is 0 Å². The molecule has 0 aliphatic heterocycles. The summed E-state index contributed by atoms with van der Waals surface area (Å²) in [4.78, 5) is 0. The number of hydrogen-bond acceptors (Lipinski definition) is 2. The van der Waals surface area contributed by atoms with Crippen LogP contribution >= 0.6 is 0 Å². The van der Waals surface area contributed by atoms with Gasteiger partial charge in [-0.1, -0.05) is 98.8 Å². The second kappa shape index (κ2) is 10.5. The third-order valence-corrected chi connectivity index (χ3v) is 8.65. The summed E-state index contributed by atoms with van der Waals surface area (Å²) in [5.41, 5.74) is 19.2. The number of nitrogens with one attached hydrogen (secondary N) is 1. The normalized spacial score (nSPS) is 12.8. The van der Waals surface area contributed by atoms with Crippen LogP contribution in [0.3, 0.4) is 0 Å². The average molecular weight is 558 g/mol. The monoisotopic (exact) mass is 557 g/mol. The second-order valence-corrected chi connectivity index (χ2v) is 11.9. The fourth-order valence-electron chi connectivity index (χ4n) is 6.50. The van der Waals surface area contributed by atoms with Crippen LogP contribution < -0.4 is 11.1 Å². The van der Waals surface area contributed by atoms with E-state index in [0.717, 1.165) is 17.1 Å². The molecule has 1 aromatic heterocycles. The van der Waals surface area contributed by atoms with Gasteiger partial charge in [-0.15, -0.1) is 0 Å². The summed E-state index contributed by atoms with van der Waals surface area (Å²) in [6.45, 7) is 6.86. The number of rotatable bonds is 3. The largest absolute Gasteiger partial charge is 0.397 e. The quantitative estimate of drug-likeness (QED) is 0.212. The van der Waals surface area contributed by atoms with Crippen molar-refractivity contribution in [3.63, 3.8) is 0 Å². The molecule has 43 heavy (non-hydrogen) atoms. The van der Waals surface area contributed by atoms with E-state index in [9.17, 15) is 0 Å². The molecule has 0 radical (unpaired) electrons. The number of nitrogen functional groups attached to an aromatic ring is 1. The van der Waals surface area contributed by atoms with Gasteiger partial charge in [0.15, 0.2) is 0 Å². The molecule has 3 N–H and O–H groups in total. The van der Waals surface area contributed by atoms with Crippen LogP contribution in [0.25, 0.3) is 38.6 Å². The summed E-state index contributed by atoms with van der Waals surface area (Å²) in [6, 6.07) is 49.0. The molecule has 0 fully saturated rings. The zero-order valence-corrected chi connectivity index (χ0v) is 24.8. The molecular weight excluding hydrogens is 522 g/mol. The molecule has 210 valence electrons. The minimum absolute atomic E-state index is 0.0205. The first-order chi connectivity index (χ1) is 20.9. The number of aromatic nitrogens is 1. The summed E-state index contributed by atoms with van der Waals surface area (Å²) >= 11 is 0. The molecule has 0 unspecified atom stereocenters. The topological polar surface area (TPSA) is 43.0 Å². The van der Waals surface area contributed by atoms with E-state index in [2.05, 4.69) is 116 Å². The summed E-state index contributed by atoms with van der Waals surface area (Å²) < 4.78 is 2.42. The number of hydrogen-bond donors (Lipinski definition) is 2. The van der Waals surface area contributed by atoms with E-state index in [0.29, 0.717) is 0 Å². The molecule has 8 rings (SSSR count). The van der Waals surface area contributed by atoms with E-state index in [4.69, 9.17) is 5.73 Å². The summed E-state index contributed by atoms with van der Waals surface area (Å²) in [6.07, 6.45) is 0. The van der Waals surface area contributed by atoms with Gasteiger partial charge in [-0.05, 0) is 89.3 Å². The van der Waals surface area contributed by atoms with Crippen LogP contribution in [0.5, 0.6) is 0 Å². The van der Waals surface area contributed by atoms with Gasteiger partial charge >= 0.3 is 0 Å². The van der Waals surface area contributed by atoms with Crippen LogP contribution in [0.1, 0.15) is 30.5 Å². The van der Waals surface area contributed by atoms with Crippen LogP contribution in [0.15, 0.2) is 140 Å². The van der Waals surface area contributed by atoms with Crippen LogP contribution in [-0.2, 0) is 5.41 Å². The number of aryl methyl sites for hydroxylation is 1. The molecule has 7 aromatic rings. The molecule has 1 aliphatic carbocycles. The Balaban J connectivity index is 0.000000180. The predicted molar refractivity (Wildman–Crippen MR) is 184 cm³/mol. The lowest BCUT2D eigenvalue weighted by atomic mass is 9.82. The lowest BCUT2D eigenvalue weighted by Gasteiger charge is -2.21. The Morgan fingerprint density at radius 2 is 1.30 bits per heavy atom. The van der Waals surface area contributed by atoms with E-state index in [-0.39, 0.29) is 5.41 Å². The standard InChI is InChI=1S/C28H23N.C12H12N2/c1-18-9-8-10-19(15-18)29-26-14-7-5-12-21(26)23-16-25-22(17-27(23)29)20-11-4-6-13-24(20)28(25,2)3;13-11-8-4-5-9-12(11)14-10-6-2-1-3-7-10/h4-17H,1-3H3;1-9,14H,13H2. The molecule has 0 saturated heterocycles. The van der Waals surface area contributed by atoms with E-state index >= 15 is 0 Å². The minimum Gasteiger partial charge on any atom is -0.397 e. The molecule has 0 bridgehead atoms. The highest BCUT2D eigenvalue weighted by Gasteiger charge is 2.36. The molecule has 0 atom stereocenters. The maximum atomic E-state index is 5.81. The molecule has 6 aromatic carbocycles. The van der Waals surface area contributed by atoms with Gasteiger partial charge in [0.1, 0.15) is 0 Å². The third kappa shape index (κ3) is 4.64. The van der Waals surface area contributed by atoms with Gasteiger partial charge in [0.2, 0.25) is 0 Å². The molecular formula is C40H35N3. The number of para-hydroxylation sites is 4. The zero-order valence-electron chi connectivity index (χ0n) is 24.8. The molecule has 0 saturated carbocycles. The van der Waals surface area contributed by atoms with Crippen molar-refractivity contribution < 1.29 is 0 Å². The Hall–Kier alpha value is -5.28. The number of benzene rings is 6. The van der Waals surface area contributed by atoms with Gasteiger partial charge in [0, 0.05) is 27.6 Å². The van der Waals surface area contributed by atoms with Crippen LogP contribution in [0.4, 0.5) is 17.1 Å². The first-order valence-corrected chi connectivity index (χ1v) is 14.8. The van der Waals surface area contributed by atoms with Crippen LogP contribution in [0, 0.1) is 6.92 Å². The highest BCUT2D eigenvalue weighted by molar-refractivity contribution is 6.11. The molecule has 3 heteroatoms. The Labute approximate surface area is 253 Å². The maximum Gasteiger partial charge on any atom is 0.0617 e. The van der Waals surface area contributed by atoms with Crippen molar-refractivity contribution in [3.05, 3.63) is 156 Å². The lowest BCUT2D eigenvalue weighted by Crippen LogP contribution is -2.14. The van der Waals surface area contributed by atoms with Crippen molar-refractivity contribution in [2.75, 3.05) is 11.1 Å². The number of nitrogens with two attached hydrogens (primary N) is 1. The second-order valence-electron chi connectivity index (χ2n) is 11.9. The Morgan fingerprint density at radius 1 is 0.581 bits per heavy atom. The molecule has 0 amide bonds. The number of anilines is 3. The van der Waals surface area contributed by atoms with E-state index in [1.165, 1.54) is 55.3 Å². The van der Waals surface area contributed by atoms with E-state index in [1.54, 1.807) is 0 Å². The third-order valence-electron chi connectivity index (χ3n) is 8.65. The highest BCUT2D eigenvalue weighted by atomic mass is 15.0. The minimum atomic E-state index is 0.0205. The van der Waals surface area contributed by atoms with Gasteiger partial charge in [0.05, 0.1) is 22.4 Å². The van der Waals surface area contributed by atoms with Crippen molar-refractivity contribution in [3.8, 4) is 16.8 Å². The summed E-state index contributed by atoms with van der Waals surface area (Å²) in [7, 11) is 0. The van der Waals surface area contributed by atoms with Crippen molar-refractivity contribution in [2.45, 2.75) is 26.2 Å². The zero-order chi connectivity index (χ0) is 29.6. The molecule has 3 nitrogen and oxygen atoms in total. The molecule has 1 aliphatic rings. The van der Waals surface area contributed by atoms with E-state index < -0.39 is 0 Å². The summed E-state index contributed by atoms with van der Waals surface area (Å²) in [5.74, 6) is 0. The lowest BCUT2D eigenvalue weighted by molar-refractivity contribution is 0.661. The maximum absolute atomic E-state index is 5.81. The Morgan fingerprint density at radius 3 is 2.12 bits per heavy atom. The van der Waals surface area contributed by atoms with Gasteiger partial charge < -0.3 is 15.6 Å². The smallest absolute Gasteiger partial charge is 0.0617 e. The van der Waals surface area contributed by atoms with Crippen LogP contribution in [0.2, 0.25) is 0 Å². The highest BCUT2D eigenvalue weighted by Crippen LogP contribution is 2.50. The van der Waals surface area contributed by atoms with E-state index in [1.807, 2.05) is 54.6 Å².